The first kappa shape index (κ1) is 12.9. The van der Waals surface area contributed by atoms with Gasteiger partial charge in [-0.1, -0.05) is 13.3 Å². The molecule has 0 aromatic carbocycles. The predicted octanol–water partition coefficient (Wildman–Crippen LogP) is 1.64. The molecule has 4 nitrogen and oxygen atoms in total. The van der Waals surface area contributed by atoms with Crippen molar-refractivity contribution >= 4 is 5.82 Å². The molecule has 1 rings (SSSR count). The van der Waals surface area contributed by atoms with Crippen molar-refractivity contribution in [2.24, 2.45) is 0 Å². The molecule has 0 aliphatic rings. The molecule has 0 amide bonds. The number of rotatable bonds is 5. The molecule has 0 fully saturated rings. The van der Waals surface area contributed by atoms with Crippen LogP contribution in [0.15, 0.2) is 12.4 Å². The Morgan fingerprint density at radius 2 is 2.06 bits per heavy atom. The monoisotopic (exact) mass is 223 g/mol. The number of likely N-dealkylation sites (N-methyl/N-ethyl adjacent to an activating group) is 1. The number of aliphatic hydroxyl groups excluding tert-OH is 1. The summed E-state index contributed by atoms with van der Waals surface area (Å²) in [5.41, 5.74) is 0.741. The number of nitrogens with zero attached hydrogens (tertiary/aromatic N) is 3. The van der Waals surface area contributed by atoms with Crippen LogP contribution in [0.4, 0.5) is 5.82 Å². The number of hydrogen-bond acceptors (Lipinski definition) is 4. The summed E-state index contributed by atoms with van der Waals surface area (Å²) in [6, 6.07) is 1.99. The smallest absolute Gasteiger partial charge is 0.132 e. The van der Waals surface area contributed by atoms with Gasteiger partial charge in [0.05, 0.1) is 12.1 Å². The summed E-state index contributed by atoms with van der Waals surface area (Å²) in [6.45, 7) is 6.18. The van der Waals surface area contributed by atoms with Crippen molar-refractivity contribution < 1.29 is 5.11 Å². The minimum atomic E-state index is -0.308. The highest BCUT2D eigenvalue weighted by atomic mass is 16.3. The van der Waals surface area contributed by atoms with Gasteiger partial charge in [0.1, 0.15) is 12.1 Å². The standard InChI is InChI=1S/C12H21N3O/c1-5-6-10-7-11(14-9-13-10)15(4)12(2,3)8-16/h7,9,16H,5-6,8H2,1-4H3. The van der Waals surface area contributed by atoms with Crippen molar-refractivity contribution in [3.05, 3.63) is 18.1 Å². The molecule has 0 spiro atoms. The Hall–Kier alpha value is -1.16. The zero-order chi connectivity index (χ0) is 12.2. The van der Waals surface area contributed by atoms with Crippen LogP contribution < -0.4 is 4.90 Å². The lowest BCUT2D eigenvalue weighted by atomic mass is 10.1. The van der Waals surface area contributed by atoms with Crippen LogP contribution in [0.3, 0.4) is 0 Å². The van der Waals surface area contributed by atoms with E-state index in [2.05, 4.69) is 16.9 Å². The van der Waals surface area contributed by atoms with E-state index < -0.39 is 0 Å². The van der Waals surface area contributed by atoms with Gasteiger partial charge >= 0.3 is 0 Å². The van der Waals surface area contributed by atoms with E-state index in [9.17, 15) is 5.11 Å². The molecule has 0 unspecified atom stereocenters. The average molecular weight is 223 g/mol. The summed E-state index contributed by atoms with van der Waals surface area (Å²) >= 11 is 0. The minimum Gasteiger partial charge on any atom is -0.394 e. The van der Waals surface area contributed by atoms with Crippen LogP contribution in [0.5, 0.6) is 0 Å². The van der Waals surface area contributed by atoms with Crippen LogP contribution in [0, 0.1) is 0 Å². The van der Waals surface area contributed by atoms with Crippen molar-refractivity contribution in [1.29, 1.82) is 0 Å². The van der Waals surface area contributed by atoms with Gasteiger partial charge in [0.2, 0.25) is 0 Å². The molecule has 4 heteroatoms. The zero-order valence-electron chi connectivity index (χ0n) is 10.6. The number of hydrogen-bond donors (Lipinski definition) is 1. The minimum absolute atomic E-state index is 0.0939. The Morgan fingerprint density at radius 3 is 2.62 bits per heavy atom. The van der Waals surface area contributed by atoms with E-state index in [1.165, 1.54) is 0 Å². The first-order valence-corrected chi connectivity index (χ1v) is 5.67. The van der Waals surface area contributed by atoms with Crippen molar-refractivity contribution in [3.63, 3.8) is 0 Å². The largest absolute Gasteiger partial charge is 0.394 e. The third kappa shape index (κ3) is 2.92. The Kier molecular flexibility index (Phi) is 4.24. The first-order chi connectivity index (χ1) is 7.51. The lowest BCUT2D eigenvalue weighted by molar-refractivity contribution is 0.215. The molecule has 0 saturated heterocycles. The quantitative estimate of drug-likeness (QED) is 0.824. The average Bonchev–Trinajstić information content (AvgIpc) is 2.29. The summed E-state index contributed by atoms with van der Waals surface area (Å²) in [5.74, 6) is 0.859. The van der Waals surface area contributed by atoms with Crippen molar-refractivity contribution in [3.8, 4) is 0 Å². The molecule has 0 radical (unpaired) electrons. The summed E-state index contributed by atoms with van der Waals surface area (Å²) in [6.07, 6.45) is 3.62. The lowest BCUT2D eigenvalue weighted by Gasteiger charge is -2.34. The second-order valence-corrected chi connectivity index (χ2v) is 4.65. The number of aliphatic hydroxyl groups is 1. The first-order valence-electron chi connectivity index (χ1n) is 5.67. The van der Waals surface area contributed by atoms with Gasteiger partial charge in [0.15, 0.2) is 0 Å². The molecule has 0 atom stereocenters. The second-order valence-electron chi connectivity index (χ2n) is 4.65. The van der Waals surface area contributed by atoms with Crippen molar-refractivity contribution in [2.75, 3.05) is 18.6 Å². The molecule has 0 aliphatic carbocycles. The van der Waals surface area contributed by atoms with Crippen LogP contribution in [-0.4, -0.2) is 34.3 Å². The lowest BCUT2D eigenvalue weighted by Crippen LogP contribution is -2.44. The molecular formula is C12H21N3O. The third-order valence-corrected chi connectivity index (χ3v) is 2.85. The molecule has 0 bridgehead atoms. The maximum atomic E-state index is 9.31. The molecule has 1 heterocycles. The maximum Gasteiger partial charge on any atom is 0.132 e. The van der Waals surface area contributed by atoms with Gasteiger partial charge in [0.25, 0.3) is 0 Å². The van der Waals surface area contributed by atoms with Gasteiger partial charge < -0.3 is 10.0 Å². The van der Waals surface area contributed by atoms with Crippen molar-refractivity contribution in [1.82, 2.24) is 9.97 Å². The predicted molar refractivity (Wildman–Crippen MR) is 65.6 cm³/mol. The van der Waals surface area contributed by atoms with E-state index in [0.29, 0.717) is 0 Å². The second kappa shape index (κ2) is 5.25. The maximum absolute atomic E-state index is 9.31. The molecule has 1 aromatic rings. The van der Waals surface area contributed by atoms with Gasteiger partial charge in [0, 0.05) is 18.8 Å². The van der Waals surface area contributed by atoms with Crippen LogP contribution >= 0.6 is 0 Å². The topological polar surface area (TPSA) is 49.2 Å². The van der Waals surface area contributed by atoms with E-state index in [0.717, 1.165) is 24.4 Å². The molecule has 90 valence electrons. The van der Waals surface area contributed by atoms with Gasteiger partial charge in [-0.15, -0.1) is 0 Å². The van der Waals surface area contributed by atoms with Gasteiger partial charge in [-0.3, -0.25) is 0 Å². The summed E-state index contributed by atoms with van der Waals surface area (Å²) < 4.78 is 0. The Morgan fingerprint density at radius 1 is 1.38 bits per heavy atom. The highest BCUT2D eigenvalue weighted by molar-refractivity contribution is 5.41. The fourth-order valence-electron chi connectivity index (χ4n) is 1.38. The van der Waals surface area contributed by atoms with Gasteiger partial charge in [-0.25, -0.2) is 9.97 Å². The Bertz CT molecular complexity index is 339. The van der Waals surface area contributed by atoms with Crippen LogP contribution in [-0.2, 0) is 6.42 Å². The molecule has 1 N–H and O–H groups in total. The third-order valence-electron chi connectivity index (χ3n) is 2.85. The fraction of sp³-hybridized carbons (Fsp3) is 0.667. The normalized spacial score (nSPS) is 11.6. The molecule has 1 aromatic heterocycles. The van der Waals surface area contributed by atoms with E-state index in [4.69, 9.17) is 0 Å². The summed E-state index contributed by atoms with van der Waals surface area (Å²) in [4.78, 5) is 10.4. The molecule has 0 saturated carbocycles. The van der Waals surface area contributed by atoms with Gasteiger partial charge in [-0.05, 0) is 20.3 Å². The molecule has 0 aliphatic heterocycles. The van der Waals surface area contributed by atoms with E-state index in [1.807, 2.05) is 31.9 Å². The zero-order valence-corrected chi connectivity index (χ0v) is 10.6. The van der Waals surface area contributed by atoms with E-state index >= 15 is 0 Å². The molecule has 16 heavy (non-hydrogen) atoms. The fourth-order valence-corrected chi connectivity index (χ4v) is 1.38. The number of anilines is 1. The van der Waals surface area contributed by atoms with Gasteiger partial charge in [-0.2, -0.15) is 0 Å². The van der Waals surface area contributed by atoms with E-state index in [1.54, 1.807) is 6.33 Å². The molecular weight excluding hydrogens is 202 g/mol. The Balaban J connectivity index is 2.91. The number of aryl methyl sites for hydroxylation is 1. The number of aromatic nitrogens is 2. The Labute approximate surface area is 97.3 Å². The summed E-state index contributed by atoms with van der Waals surface area (Å²) in [7, 11) is 1.94. The highest BCUT2D eigenvalue weighted by Crippen LogP contribution is 2.19. The SMILES string of the molecule is CCCc1cc(N(C)C(C)(C)CO)ncn1. The summed E-state index contributed by atoms with van der Waals surface area (Å²) in [5, 5.41) is 9.31. The van der Waals surface area contributed by atoms with Crippen LogP contribution in [0.1, 0.15) is 32.9 Å². The van der Waals surface area contributed by atoms with Crippen LogP contribution in [0.2, 0.25) is 0 Å². The van der Waals surface area contributed by atoms with E-state index in [-0.39, 0.29) is 12.1 Å². The van der Waals surface area contributed by atoms with Crippen molar-refractivity contribution in [2.45, 2.75) is 39.2 Å². The van der Waals surface area contributed by atoms with Crippen LogP contribution in [0.25, 0.3) is 0 Å². The highest BCUT2D eigenvalue weighted by Gasteiger charge is 2.23.